The van der Waals surface area contributed by atoms with Crippen LogP contribution in [0.4, 0.5) is 21.9 Å². The molecule has 1 aliphatic heterocycles. The molecule has 3 amide bonds. The standard InChI is InChI=1S/C21H17N3O3/c1-13-6-8-14(9-7-13)22-21(26)23-15-10-11-18-16(12-15)20(25)24-17-4-2-3-5-19(17)27-18/h2-12H,1H3,(H,24,25)(H2,22,23,26). The van der Waals surface area contributed by atoms with Crippen molar-refractivity contribution in [2.75, 3.05) is 16.0 Å². The van der Waals surface area contributed by atoms with Gasteiger partial charge in [-0.15, -0.1) is 0 Å². The number of carbonyl (C=O) groups excluding carboxylic acids is 2. The number of ether oxygens (including phenoxy) is 1. The van der Waals surface area contributed by atoms with Gasteiger partial charge < -0.3 is 20.7 Å². The first-order valence-corrected chi connectivity index (χ1v) is 8.45. The highest BCUT2D eigenvalue weighted by Crippen LogP contribution is 2.36. The van der Waals surface area contributed by atoms with Gasteiger partial charge in [0.25, 0.3) is 5.91 Å². The Labute approximate surface area is 156 Å². The Bertz CT molecular complexity index is 1030. The molecule has 6 heteroatoms. The van der Waals surface area contributed by atoms with Crippen molar-refractivity contribution in [3.63, 3.8) is 0 Å². The fraction of sp³-hybridized carbons (Fsp3) is 0.0476. The lowest BCUT2D eigenvalue weighted by Crippen LogP contribution is -2.20. The van der Waals surface area contributed by atoms with Crippen LogP contribution in [0.5, 0.6) is 11.5 Å². The minimum atomic E-state index is -0.392. The van der Waals surface area contributed by atoms with Crippen LogP contribution >= 0.6 is 0 Å². The van der Waals surface area contributed by atoms with Gasteiger partial charge in [-0.05, 0) is 49.4 Å². The Morgan fingerprint density at radius 2 is 1.59 bits per heavy atom. The summed E-state index contributed by atoms with van der Waals surface area (Å²) < 4.78 is 5.83. The van der Waals surface area contributed by atoms with E-state index in [9.17, 15) is 9.59 Å². The van der Waals surface area contributed by atoms with E-state index in [0.717, 1.165) is 5.56 Å². The Kier molecular flexibility index (Phi) is 4.22. The second-order valence-corrected chi connectivity index (χ2v) is 6.21. The molecule has 0 unspecified atom stereocenters. The van der Waals surface area contributed by atoms with Crippen LogP contribution < -0.4 is 20.7 Å². The molecule has 4 rings (SSSR count). The topological polar surface area (TPSA) is 79.5 Å². The van der Waals surface area contributed by atoms with Crippen LogP contribution in [0.2, 0.25) is 0 Å². The number of fused-ring (bicyclic) bond motifs is 2. The molecule has 0 radical (unpaired) electrons. The molecule has 3 N–H and O–H groups in total. The zero-order valence-corrected chi connectivity index (χ0v) is 14.6. The summed E-state index contributed by atoms with van der Waals surface area (Å²) in [6.45, 7) is 1.98. The largest absolute Gasteiger partial charge is 0.454 e. The van der Waals surface area contributed by atoms with E-state index in [2.05, 4.69) is 16.0 Å². The highest BCUT2D eigenvalue weighted by atomic mass is 16.5. The van der Waals surface area contributed by atoms with E-state index in [1.165, 1.54) is 0 Å². The monoisotopic (exact) mass is 359 g/mol. The second-order valence-electron chi connectivity index (χ2n) is 6.21. The molecule has 0 bridgehead atoms. The lowest BCUT2D eigenvalue weighted by Gasteiger charge is -2.11. The summed E-state index contributed by atoms with van der Waals surface area (Å²) in [4.78, 5) is 24.7. The fourth-order valence-corrected chi connectivity index (χ4v) is 2.77. The molecular weight excluding hydrogens is 342 g/mol. The van der Waals surface area contributed by atoms with E-state index in [4.69, 9.17) is 4.74 Å². The quantitative estimate of drug-likeness (QED) is 0.602. The zero-order chi connectivity index (χ0) is 18.8. The smallest absolute Gasteiger partial charge is 0.323 e. The van der Waals surface area contributed by atoms with Crippen molar-refractivity contribution in [1.82, 2.24) is 0 Å². The van der Waals surface area contributed by atoms with Crippen molar-refractivity contribution < 1.29 is 14.3 Å². The van der Waals surface area contributed by atoms with Crippen molar-refractivity contribution in [1.29, 1.82) is 0 Å². The summed E-state index contributed by atoms with van der Waals surface area (Å²) >= 11 is 0. The minimum absolute atomic E-state index is 0.294. The maximum Gasteiger partial charge on any atom is 0.323 e. The first-order valence-electron chi connectivity index (χ1n) is 8.45. The number of aryl methyl sites for hydroxylation is 1. The summed E-state index contributed by atoms with van der Waals surface area (Å²) in [5, 5.41) is 8.30. The molecule has 1 heterocycles. The SMILES string of the molecule is Cc1ccc(NC(=O)Nc2ccc3c(c2)C(=O)Nc2ccccc2O3)cc1. The average molecular weight is 359 g/mol. The Morgan fingerprint density at radius 3 is 2.41 bits per heavy atom. The molecule has 1 aliphatic rings. The van der Waals surface area contributed by atoms with Gasteiger partial charge in [-0.3, -0.25) is 4.79 Å². The van der Waals surface area contributed by atoms with E-state index in [0.29, 0.717) is 34.1 Å². The van der Waals surface area contributed by atoms with Gasteiger partial charge in [-0.1, -0.05) is 29.8 Å². The van der Waals surface area contributed by atoms with Crippen LogP contribution in [0, 0.1) is 6.92 Å². The summed E-state index contributed by atoms with van der Waals surface area (Å²) in [7, 11) is 0. The number of benzene rings is 3. The van der Waals surface area contributed by atoms with Crippen LogP contribution in [0.1, 0.15) is 15.9 Å². The molecule has 0 atom stereocenters. The summed E-state index contributed by atoms with van der Waals surface area (Å²) in [6.07, 6.45) is 0. The number of hydrogen-bond donors (Lipinski definition) is 3. The number of rotatable bonds is 2. The highest BCUT2D eigenvalue weighted by molar-refractivity contribution is 6.09. The molecule has 0 spiro atoms. The number of amides is 3. The van der Waals surface area contributed by atoms with Gasteiger partial charge in [0, 0.05) is 11.4 Å². The van der Waals surface area contributed by atoms with Gasteiger partial charge in [0.15, 0.2) is 5.75 Å². The Morgan fingerprint density at radius 1 is 0.889 bits per heavy atom. The highest BCUT2D eigenvalue weighted by Gasteiger charge is 2.21. The molecular formula is C21H17N3O3. The molecule has 0 aliphatic carbocycles. The van der Waals surface area contributed by atoms with Crippen molar-refractivity contribution >= 4 is 29.0 Å². The normalized spacial score (nSPS) is 12.0. The van der Waals surface area contributed by atoms with Gasteiger partial charge in [-0.2, -0.15) is 0 Å². The molecule has 0 saturated heterocycles. The third-order valence-electron chi connectivity index (χ3n) is 4.15. The van der Waals surface area contributed by atoms with E-state index in [-0.39, 0.29) is 5.91 Å². The summed E-state index contributed by atoms with van der Waals surface area (Å²) in [6, 6.07) is 19.2. The van der Waals surface area contributed by atoms with Gasteiger partial charge >= 0.3 is 6.03 Å². The van der Waals surface area contributed by atoms with Crippen molar-refractivity contribution in [2.45, 2.75) is 6.92 Å². The van der Waals surface area contributed by atoms with E-state index in [1.807, 2.05) is 43.3 Å². The van der Waals surface area contributed by atoms with Crippen molar-refractivity contribution in [3.05, 3.63) is 77.9 Å². The lowest BCUT2D eigenvalue weighted by molar-refractivity contribution is 0.102. The fourth-order valence-electron chi connectivity index (χ4n) is 2.77. The predicted molar refractivity (Wildman–Crippen MR) is 105 cm³/mol. The molecule has 0 saturated carbocycles. The van der Waals surface area contributed by atoms with Gasteiger partial charge in [-0.25, -0.2) is 4.79 Å². The number of para-hydroxylation sites is 2. The first-order chi connectivity index (χ1) is 13.1. The average Bonchev–Trinajstić information content (AvgIpc) is 2.79. The maximum absolute atomic E-state index is 12.5. The lowest BCUT2D eigenvalue weighted by atomic mass is 10.1. The summed E-state index contributed by atoms with van der Waals surface area (Å²) in [5.74, 6) is 0.710. The predicted octanol–water partition coefficient (Wildman–Crippen LogP) is 5.00. The van der Waals surface area contributed by atoms with Crippen LogP contribution in [0.3, 0.4) is 0 Å². The van der Waals surface area contributed by atoms with E-state index < -0.39 is 6.03 Å². The van der Waals surface area contributed by atoms with Crippen LogP contribution in [0.25, 0.3) is 0 Å². The molecule has 0 aromatic heterocycles. The second kappa shape index (κ2) is 6.84. The third kappa shape index (κ3) is 3.59. The van der Waals surface area contributed by atoms with Crippen molar-refractivity contribution in [3.8, 4) is 11.5 Å². The molecule has 27 heavy (non-hydrogen) atoms. The maximum atomic E-state index is 12.5. The van der Waals surface area contributed by atoms with Crippen LogP contribution in [0.15, 0.2) is 66.7 Å². The Hall–Kier alpha value is -3.80. The third-order valence-corrected chi connectivity index (χ3v) is 4.15. The number of anilines is 3. The van der Waals surface area contributed by atoms with Crippen molar-refractivity contribution in [2.24, 2.45) is 0 Å². The van der Waals surface area contributed by atoms with E-state index >= 15 is 0 Å². The Balaban J connectivity index is 1.53. The molecule has 3 aromatic rings. The number of carbonyl (C=O) groups is 2. The molecule has 3 aromatic carbocycles. The van der Waals surface area contributed by atoms with Crippen LogP contribution in [-0.4, -0.2) is 11.9 Å². The number of urea groups is 1. The van der Waals surface area contributed by atoms with Crippen LogP contribution in [-0.2, 0) is 0 Å². The number of nitrogens with one attached hydrogen (secondary N) is 3. The molecule has 0 fully saturated rings. The van der Waals surface area contributed by atoms with Gasteiger partial charge in [0.1, 0.15) is 5.75 Å². The molecule has 6 nitrogen and oxygen atoms in total. The minimum Gasteiger partial charge on any atom is -0.454 e. The van der Waals surface area contributed by atoms with E-state index in [1.54, 1.807) is 30.3 Å². The van der Waals surface area contributed by atoms with Gasteiger partial charge in [0.05, 0.1) is 11.3 Å². The molecule has 134 valence electrons. The first kappa shape index (κ1) is 16.7. The zero-order valence-electron chi connectivity index (χ0n) is 14.6. The number of hydrogen-bond acceptors (Lipinski definition) is 3. The summed E-state index contributed by atoms with van der Waals surface area (Å²) in [5.41, 5.74) is 3.23. The van der Waals surface area contributed by atoms with Gasteiger partial charge in [0.2, 0.25) is 0 Å².